The summed E-state index contributed by atoms with van der Waals surface area (Å²) in [5.74, 6) is -2.10. The third-order valence-corrected chi connectivity index (χ3v) is 2.31. The van der Waals surface area contributed by atoms with E-state index in [0.717, 1.165) is 18.3 Å². The maximum absolute atomic E-state index is 12.7. The van der Waals surface area contributed by atoms with Crippen molar-refractivity contribution in [2.45, 2.75) is 6.18 Å². The lowest BCUT2D eigenvalue weighted by Crippen LogP contribution is -2.19. The molecule has 0 bridgehead atoms. The second-order valence-corrected chi connectivity index (χ2v) is 3.61. The fourth-order valence-corrected chi connectivity index (χ4v) is 1.49. The van der Waals surface area contributed by atoms with Crippen LogP contribution in [0, 0.1) is 5.82 Å². The van der Waals surface area contributed by atoms with Crippen molar-refractivity contribution in [2.24, 2.45) is 0 Å². The number of aromatic nitrogens is 2. The van der Waals surface area contributed by atoms with E-state index in [1.165, 1.54) is 12.1 Å². The molecule has 1 heterocycles. The molecule has 1 N–H and O–H groups in total. The summed E-state index contributed by atoms with van der Waals surface area (Å²) in [6, 6.07) is 4.51. The van der Waals surface area contributed by atoms with E-state index in [9.17, 15) is 22.4 Å². The highest BCUT2D eigenvalue weighted by Crippen LogP contribution is 2.31. The lowest BCUT2D eigenvalue weighted by molar-refractivity contribution is -0.146. The van der Waals surface area contributed by atoms with E-state index in [2.05, 4.69) is 4.98 Å². The Morgan fingerprint density at radius 3 is 2.21 bits per heavy atom. The molecule has 0 atom stereocenters. The molecule has 0 saturated carbocycles. The van der Waals surface area contributed by atoms with Crippen LogP contribution in [0.4, 0.5) is 22.4 Å². The lowest BCUT2D eigenvalue weighted by Gasteiger charge is -2.04. The Morgan fingerprint density at radius 2 is 1.79 bits per heavy atom. The SMILES string of the molecule is O=C(O)n1cc(-c2ccc(F)cc2)nc1C(F)(F)F. The van der Waals surface area contributed by atoms with E-state index in [0.29, 0.717) is 0 Å². The first-order valence-electron chi connectivity index (χ1n) is 4.95. The Balaban J connectivity index is 2.55. The number of carboxylic acid groups (broad SMARTS) is 1. The Labute approximate surface area is 103 Å². The largest absolute Gasteiger partial charge is 0.464 e. The number of hydrogen-bond donors (Lipinski definition) is 1. The van der Waals surface area contributed by atoms with Gasteiger partial charge in [0.05, 0.1) is 5.69 Å². The summed E-state index contributed by atoms with van der Waals surface area (Å²) in [7, 11) is 0. The predicted octanol–water partition coefficient (Wildman–Crippen LogP) is 3.23. The van der Waals surface area contributed by atoms with Gasteiger partial charge in [-0.25, -0.2) is 18.7 Å². The fraction of sp³-hybridized carbons (Fsp3) is 0.0909. The van der Waals surface area contributed by atoms with Crippen molar-refractivity contribution in [3.63, 3.8) is 0 Å². The zero-order chi connectivity index (χ0) is 14.2. The highest BCUT2D eigenvalue weighted by atomic mass is 19.4. The van der Waals surface area contributed by atoms with E-state index >= 15 is 0 Å². The van der Waals surface area contributed by atoms with Crippen LogP contribution in [0.25, 0.3) is 11.3 Å². The van der Waals surface area contributed by atoms with Crippen molar-refractivity contribution >= 4 is 6.09 Å². The summed E-state index contributed by atoms with van der Waals surface area (Å²) >= 11 is 0. The van der Waals surface area contributed by atoms with Crippen LogP contribution in [0.15, 0.2) is 30.5 Å². The Kier molecular flexibility index (Phi) is 3.01. The van der Waals surface area contributed by atoms with Crippen LogP contribution < -0.4 is 0 Å². The summed E-state index contributed by atoms with van der Waals surface area (Å²) in [5, 5.41) is 8.70. The maximum Gasteiger partial charge on any atom is 0.450 e. The van der Waals surface area contributed by atoms with Crippen molar-refractivity contribution in [1.29, 1.82) is 0 Å². The van der Waals surface area contributed by atoms with Gasteiger partial charge in [-0.05, 0) is 24.3 Å². The molecule has 0 spiro atoms. The van der Waals surface area contributed by atoms with Crippen LogP contribution in [0.1, 0.15) is 5.82 Å². The van der Waals surface area contributed by atoms with Gasteiger partial charge in [-0.2, -0.15) is 13.2 Å². The number of rotatable bonds is 1. The average molecular weight is 274 g/mol. The normalized spacial score (nSPS) is 11.6. The second-order valence-electron chi connectivity index (χ2n) is 3.61. The van der Waals surface area contributed by atoms with Gasteiger partial charge in [-0.15, -0.1) is 0 Å². The van der Waals surface area contributed by atoms with E-state index in [1.54, 1.807) is 0 Å². The molecule has 4 nitrogen and oxygen atoms in total. The molecule has 0 saturated heterocycles. The third-order valence-electron chi connectivity index (χ3n) is 2.31. The Hall–Kier alpha value is -2.38. The second kappa shape index (κ2) is 4.38. The van der Waals surface area contributed by atoms with Gasteiger partial charge in [0.25, 0.3) is 0 Å². The number of hydrogen-bond acceptors (Lipinski definition) is 2. The molecular weight excluding hydrogens is 268 g/mol. The van der Waals surface area contributed by atoms with Crippen molar-refractivity contribution in [1.82, 2.24) is 9.55 Å². The van der Waals surface area contributed by atoms with Crippen LogP contribution in [-0.4, -0.2) is 20.8 Å². The van der Waals surface area contributed by atoms with Gasteiger partial charge in [-0.1, -0.05) is 0 Å². The van der Waals surface area contributed by atoms with Crippen LogP contribution in [-0.2, 0) is 6.18 Å². The molecule has 19 heavy (non-hydrogen) atoms. The average Bonchev–Trinajstić information content (AvgIpc) is 2.74. The molecule has 2 rings (SSSR count). The monoisotopic (exact) mass is 274 g/mol. The molecule has 0 aliphatic rings. The van der Waals surface area contributed by atoms with Crippen molar-refractivity contribution in [3.8, 4) is 11.3 Å². The van der Waals surface area contributed by atoms with Gasteiger partial charge in [0.15, 0.2) is 0 Å². The van der Waals surface area contributed by atoms with Crippen LogP contribution in [0.5, 0.6) is 0 Å². The molecule has 0 unspecified atom stereocenters. The topological polar surface area (TPSA) is 55.1 Å². The smallest absolute Gasteiger partial charge is 0.450 e. The number of nitrogens with zero attached hydrogens (tertiary/aromatic N) is 2. The highest BCUT2D eigenvalue weighted by molar-refractivity contribution is 5.72. The van der Waals surface area contributed by atoms with Crippen LogP contribution in [0.2, 0.25) is 0 Å². The van der Waals surface area contributed by atoms with Crippen molar-refractivity contribution in [3.05, 3.63) is 42.1 Å². The Bertz CT molecular complexity index is 617. The number of halogens is 4. The number of alkyl halides is 3. The van der Waals surface area contributed by atoms with Crippen molar-refractivity contribution in [2.75, 3.05) is 0 Å². The standard InChI is InChI=1S/C11H6F4N2O2/c12-7-3-1-6(2-4-7)8-5-17(10(18)19)9(16-8)11(13,14)15/h1-5H,(H,18,19). The van der Waals surface area contributed by atoms with Crippen LogP contribution >= 0.6 is 0 Å². The molecule has 0 aliphatic heterocycles. The first kappa shape index (κ1) is 13.1. The summed E-state index contributed by atoms with van der Waals surface area (Å²) < 4.78 is 50.5. The van der Waals surface area contributed by atoms with Crippen LogP contribution in [0.3, 0.4) is 0 Å². The van der Waals surface area contributed by atoms with Gasteiger partial charge < -0.3 is 5.11 Å². The molecule has 0 radical (unpaired) electrons. The van der Waals surface area contributed by atoms with Gasteiger partial charge >= 0.3 is 12.3 Å². The molecule has 2 aromatic rings. The number of carbonyl (C=O) groups is 1. The molecule has 1 aromatic carbocycles. The maximum atomic E-state index is 12.7. The molecule has 100 valence electrons. The molecular formula is C11H6F4N2O2. The van der Waals surface area contributed by atoms with Gasteiger partial charge in [0.1, 0.15) is 5.82 Å². The first-order valence-corrected chi connectivity index (χ1v) is 4.95. The zero-order valence-corrected chi connectivity index (χ0v) is 9.15. The van der Waals surface area contributed by atoms with E-state index in [4.69, 9.17) is 5.11 Å². The Morgan fingerprint density at radius 1 is 1.21 bits per heavy atom. The number of benzene rings is 1. The first-order chi connectivity index (χ1) is 8.79. The third kappa shape index (κ3) is 2.56. The molecule has 0 aliphatic carbocycles. The molecule has 1 aromatic heterocycles. The minimum atomic E-state index is -4.89. The van der Waals surface area contributed by atoms with E-state index in [-0.39, 0.29) is 15.8 Å². The molecule has 0 fully saturated rings. The summed E-state index contributed by atoms with van der Waals surface area (Å²) in [6.45, 7) is 0. The fourth-order valence-electron chi connectivity index (χ4n) is 1.49. The quantitative estimate of drug-likeness (QED) is 0.812. The van der Waals surface area contributed by atoms with Gasteiger partial charge in [-0.3, -0.25) is 0 Å². The zero-order valence-electron chi connectivity index (χ0n) is 9.15. The number of imidazole rings is 1. The van der Waals surface area contributed by atoms with Gasteiger partial charge in [0.2, 0.25) is 5.82 Å². The summed E-state index contributed by atoms with van der Waals surface area (Å²) in [4.78, 5) is 14.0. The van der Waals surface area contributed by atoms with Crippen molar-refractivity contribution < 1.29 is 27.5 Å². The minimum absolute atomic E-state index is 0.0152. The minimum Gasteiger partial charge on any atom is -0.464 e. The highest BCUT2D eigenvalue weighted by Gasteiger charge is 2.38. The summed E-state index contributed by atoms with van der Waals surface area (Å²) in [5.41, 5.74) is -0.0124. The van der Waals surface area contributed by atoms with E-state index < -0.39 is 23.9 Å². The molecule has 8 heteroatoms. The lowest BCUT2D eigenvalue weighted by atomic mass is 10.2. The predicted molar refractivity (Wildman–Crippen MR) is 56.0 cm³/mol. The summed E-state index contributed by atoms with van der Waals surface area (Å²) in [6.07, 6.45) is -5.96. The van der Waals surface area contributed by atoms with E-state index in [1.807, 2.05) is 0 Å². The molecule has 0 amide bonds. The van der Waals surface area contributed by atoms with Gasteiger partial charge in [0, 0.05) is 11.8 Å².